The van der Waals surface area contributed by atoms with Gasteiger partial charge >= 0.3 is 0 Å². The molecule has 0 unspecified atom stereocenters. The van der Waals surface area contributed by atoms with Gasteiger partial charge in [-0.25, -0.2) is 0 Å². The number of hydrogen-bond acceptors (Lipinski definition) is 5. The molecule has 1 aromatic rings. The summed E-state index contributed by atoms with van der Waals surface area (Å²) in [5.41, 5.74) is 0.454. The van der Waals surface area contributed by atoms with Crippen LogP contribution in [-0.2, 0) is 9.47 Å². The molecule has 0 amide bonds. The second kappa shape index (κ2) is 10.2. The van der Waals surface area contributed by atoms with Gasteiger partial charge in [-0.05, 0) is 38.5 Å². The molecule has 0 aromatic heterocycles. The lowest BCUT2D eigenvalue weighted by Crippen LogP contribution is -2.25. The zero-order chi connectivity index (χ0) is 15.5. The van der Waals surface area contributed by atoms with Gasteiger partial charge in [-0.1, -0.05) is 6.92 Å². The van der Waals surface area contributed by atoms with Crippen molar-refractivity contribution in [1.29, 1.82) is 0 Å². The van der Waals surface area contributed by atoms with Gasteiger partial charge in [0.1, 0.15) is 18.1 Å². The Bertz CT molecular complexity index is 413. The van der Waals surface area contributed by atoms with Gasteiger partial charge in [-0.3, -0.25) is 4.79 Å². The van der Waals surface area contributed by atoms with E-state index >= 15 is 0 Å². The maximum atomic E-state index is 11.2. The lowest BCUT2D eigenvalue weighted by Gasteiger charge is -2.18. The van der Waals surface area contributed by atoms with Crippen LogP contribution in [0.15, 0.2) is 18.2 Å². The van der Waals surface area contributed by atoms with Crippen molar-refractivity contribution in [2.24, 2.45) is 0 Å². The summed E-state index contributed by atoms with van der Waals surface area (Å²) in [6.07, 6.45) is 1.24. The fraction of sp³-hybridized carbons (Fsp3) is 0.562. The van der Waals surface area contributed by atoms with Gasteiger partial charge in [-0.2, -0.15) is 0 Å². The van der Waals surface area contributed by atoms with E-state index in [1.807, 2.05) is 20.8 Å². The van der Waals surface area contributed by atoms with E-state index in [4.69, 9.17) is 18.9 Å². The first kappa shape index (κ1) is 17.5. The van der Waals surface area contributed by atoms with Crippen molar-refractivity contribution in [3.8, 4) is 11.5 Å². The van der Waals surface area contributed by atoms with E-state index in [9.17, 15) is 4.79 Å². The third-order valence-electron chi connectivity index (χ3n) is 2.66. The van der Waals surface area contributed by atoms with Crippen LogP contribution in [0.3, 0.4) is 0 Å². The molecule has 0 bridgehead atoms. The summed E-state index contributed by atoms with van der Waals surface area (Å²) >= 11 is 0. The molecule has 0 heterocycles. The molecule has 0 saturated heterocycles. The topological polar surface area (TPSA) is 54.0 Å². The summed E-state index contributed by atoms with van der Waals surface area (Å²) in [7, 11) is 0. The average Bonchev–Trinajstić information content (AvgIpc) is 2.51. The monoisotopic (exact) mass is 296 g/mol. The van der Waals surface area contributed by atoms with Crippen molar-refractivity contribution in [2.45, 2.75) is 33.5 Å². The van der Waals surface area contributed by atoms with Gasteiger partial charge in [0.2, 0.25) is 0 Å². The average molecular weight is 296 g/mol. The SMILES string of the molecule is CCCOc1ccc(OCC(OCC)OCC)c(C=O)c1. The first-order valence-corrected chi connectivity index (χ1v) is 7.33. The highest BCUT2D eigenvalue weighted by Gasteiger charge is 2.11. The summed E-state index contributed by atoms with van der Waals surface area (Å²) < 4.78 is 21.9. The number of hydrogen-bond donors (Lipinski definition) is 0. The highest BCUT2D eigenvalue weighted by Crippen LogP contribution is 2.23. The Hall–Kier alpha value is -1.59. The van der Waals surface area contributed by atoms with E-state index in [1.165, 1.54) is 0 Å². The summed E-state index contributed by atoms with van der Waals surface area (Å²) in [6, 6.07) is 5.19. The standard InChI is InChI=1S/C16H24O5/c1-4-9-20-14-7-8-15(13(10-14)11-17)21-12-16(18-5-2)19-6-3/h7-8,10-11,16H,4-6,9,12H2,1-3H3. The summed E-state index contributed by atoms with van der Waals surface area (Å²) in [4.78, 5) is 11.2. The Labute approximate surface area is 126 Å². The highest BCUT2D eigenvalue weighted by molar-refractivity contribution is 5.80. The van der Waals surface area contributed by atoms with Crippen molar-refractivity contribution in [1.82, 2.24) is 0 Å². The molecule has 0 radical (unpaired) electrons. The van der Waals surface area contributed by atoms with Gasteiger partial charge in [0.15, 0.2) is 12.6 Å². The molecule has 0 N–H and O–H groups in total. The number of carbonyl (C=O) groups excluding carboxylic acids is 1. The summed E-state index contributed by atoms with van der Waals surface area (Å²) in [5, 5.41) is 0. The number of aldehydes is 1. The smallest absolute Gasteiger partial charge is 0.191 e. The fourth-order valence-electron chi connectivity index (χ4n) is 1.73. The Morgan fingerprint density at radius 3 is 2.38 bits per heavy atom. The quantitative estimate of drug-likeness (QED) is 0.464. The lowest BCUT2D eigenvalue weighted by atomic mass is 10.2. The minimum Gasteiger partial charge on any atom is -0.494 e. The molecule has 21 heavy (non-hydrogen) atoms. The molecule has 1 aromatic carbocycles. The molecule has 0 spiro atoms. The molecular weight excluding hydrogens is 272 g/mol. The molecule has 5 nitrogen and oxygen atoms in total. The summed E-state index contributed by atoms with van der Waals surface area (Å²) in [6.45, 7) is 7.74. The maximum Gasteiger partial charge on any atom is 0.191 e. The van der Waals surface area contributed by atoms with Gasteiger partial charge < -0.3 is 18.9 Å². The number of benzene rings is 1. The molecule has 118 valence electrons. The minimum atomic E-state index is -0.435. The predicted molar refractivity (Wildman–Crippen MR) is 80.2 cm³/mol. The zero-order valence-corrected chi connectivity index (χ0v) is 13.0. The Morgan fingerprint density at radius 1 is 1.10 bits per heavy atom. The number of rotatable bonds is 11. The van der Waals surface area contributed by atoms with E-state index in [-0.39, 0.29) is 6.61 Å². The van der Waals surface area contributed by atoms with E-state index < -0.39 is 6.29 Å². The number of ether oxygens (including phenoxy) is 4. The van der Waals surface area contributed by atoms with E-state index in [2.05, 4.69) is 0 Å². The maximum absolute atomic E-state index is 11.2. The first-order valence-electron chi connectivity index (χ1n) is 7.33. The Balaban J connectivity index is 2.66. The Kier molecular flexibility index (Phi) is 8.47. The molecule has 0 aliphatic rings. The molecule has 5 heteroatoms. The molecule has 1 rings (SSSR count). The molecule has 0 saturated carbocycles. The Morgan fingerprint density at radius 2 is 1.81 bits per heavy atom. The predicted octanol–water partition coefficient (Wildman–Crippen LogP) is 3.07. The summed E-state index contributed by atoms with van der Waals surface area (Å²) in [5.74, 6) is 1.16. The molecule has 0 aliphatic carbocycles. The second-order valence-corrected chi connectivity index (χ2v) is 4.32. The normalized spacial score (nSPS) is 10.7. The fourth-order valence-corrected chi connectivity index (χ4v) is 1.73. The number of carbonyl (C=O) groups is 1. The van der Waals surface area contributed by atoms with Crippen LogP contribution in [0.2, 0.25) is 0 Å². The molecule has 0 atom stereocenters. The largest absolute Gasteiger partial charge is 0.494 e. The zero-order valence-electron chi connectivity index (χ0n) is 13.0. The van der Waals surface area contributed by atoms with Crippen LogP contribution in [-0.4, -0.2) is 39.0 Å². The van der Waals surface area contributed by atoms with Crippen LogP contribution in [0.4, 0.5) is 0 Å². The molecule has 0 aliphatic heterocycles. The van der Waals surface area contributed by atoms with E-state index in [1.54, 1.807) is 18.2 Å². The van der Waals surface area contributed by atoms with Crippen LogP contribution >= 0.6 is 0 Å². The van der Waals surface area contributed by atoms with Crippen molar-refractivity contribution in [3.05, 3.63) is 23.8 Å². The van der Waals surface area contributed by atoms with Crippen molar-refractivity contribution in [3.63, 3.8) is 0 Å². The molecular formula is C16H24O5. The van der Waals surface area contributed by atoms with Crippen LogP contribution in [0, 0.1) is 0 Å². The van der Waals surface area contributed by atoms with Crippen molar-refractivity contribution >= 4 is 6.29 Å². The van der Waals surface area contributed by atoms with Gasteiger partial charge in [0, 0.05) is 13.2 Å². The van der Waals surface area contributed by atoms with Crippen LogP contribution in [0.1, 0.15) is 37.6 Å². The van der Waals surface area contributed by atoms with Crippen molar-refractivity contribution < 1.29 is 23.7 Å². The third kappa shape index (κ3) is 6.14. The molecule has 0 fully saturated rings. The van der Waals surface area contributed by atoms with Gasteiger partial charge in [0.25, 0.3) is 0 Å². The van der Waals surface area contributed by atoms with Crippen molar-refractivity contribution in [2.75, 3.05) is 26.4 Å². The van der Waals surface area contributed by atoms with Crippen LogP contribution in [0.5, 0.6) is 11.5 Å². The second-order valence-electron chi connectivity index (χ2n) is 4.32. The van der Waals surface area contributed by atoms with Crippen LogP contribution < -0.4 is 9.47 Å². The van der Waals surface area contributed by atoms with Gasteiger partial charge in [0.05, 0.1) is 12.2 Å². The van der Waals surface area contributed by atoms with Gasteiger partial charge in [-0.15, -0.1) is 0 Å². The highest BCUT2D eigenvalue weighted by atomic mass is 16.7. The minimum absolute atomic E-state index is 0.234. The third-order valence-corrected chi connectivity index (χ3v) is 2.66. The van der Waals surface area contributed by atoms with E-state index in [0.717, 1.165) is 12.7 Å². The van der Waals surface area contributed by atoms with E-state index in [0.29, 0.717) is 36.9 Å². The van der Waals surface area contributed by atoms with Crippen LogP contribution in [0.25, 0.3) is 0 Å². The first-order chi connectivity index (χ1) is 10.2. The lowest BCUT2D eigenvalue weighted by molar-refractivity contribution is -0.152.